The molecule has 1 aromatic heterocycles. The van der Waals surface area contributed by atoms with Crippen LogP contribution >= 0.6 is 0 Å². The number of imidazole rings is 1. The van der Waals surface area contributed by atoms with Crippen LogP contribution in [0.2, 0.25) is 0 Å². The van der Waals surface area contributed by atoms with Crippen LogP contribution in [0.3, 0.4) is 0 Å². The highest BCUT2D eigenvalue weighted by Gasteiger charge is 2.39. The molecule has 0 aliphatic rings. The first-order valence-corrected chi connectivity index (χ1v) is 17.3. The van der Waals surface area contributed by atoms with E-state index in [4.69, 9.17) is 0 Å². The van der Waals surface area contributed by atoms with E-state index in [1.54, 1.807) is 0 Å². The van der Waals surface area contributed by atoms with Crippen LogP contribution in [0.25, 0.3) is 0 Å². The van der Waals surface area contributed by atoms with Crippen molar-refractivity contribution < 1.29 is 4.57 Å². The lowest BCUT2D eigenvalue weighted by atomic mass is 9.70. The summed E-state index contributed by atoms with van der Waals surface area (Å²) < 4.78 is 4.91. The number of hydrogen-bond donors (Lipinski definition) is 0. The Morgan fingerprint density at radius 1 is 0.634 bits per heavy atom. The number of hydrogen-bond acceptors (Lipinski definition) is 0. The standard InChI is InChI=1S/C39H61N2/c1-4-6-7-8-9-10-11-12-13-14-15-16-17-18-19-26-31-40-32-33-41(35-40)38(5-2)39(3,37-29-24-21-25-30-37)34-36-27-22-20-23-28-36/h20-25,27-30,32-33,35,38H,4-19,26,31,34H2,1-3H3/q+1. The van der Waals surface area contributed by atoms with Gasteiger partial charge in [-0.1, -0.05) is 171 Å². The topological polar surface area (TPSA) is 8.81 Å². The molecule has 0 radical (unpaired) electrons. The summed E-state index contributed by atoms with van der Waals surface area (Å²) in [6.45, 7) is 8.23. The van der Waals surface area contributed by atoms with Crippen molar-refractivity contribution in [2.45, 2.75) is 154 Å². The highest BCUT2D eigenvalue weighted by Crippen LogP contribution is 2.40. The number of rotatable bonds is 23. The van der Waals surface area contributed by atoms with Crippen LogP contribution in [0.4, 0.5) is 0 Å². The molecule has 2 atom stereocenters. The first kappa shape index (κ1) is 33.2. The Labute approximate surface area is 253 Å². The fourth-order valence-electron chi connectivity index (χ4n) is 6.81. The lowest BCUT2D eigenvalue weighted by Gasteiger charge is -2.36. The molecule has 0 aliphatic carbocycles. The van der Waals surface area contributed by atoms with Gasteiger partial charge in [0.25, 0.3) is 0 Å². The third-order valence-corrected chi connectivity index (χ3v) is 9.31. The van der Waals surface area contributed by atoms with E-state index >= 15 is 0 Å². The highest BCUT2D eigenvalue weighted by molar-refractivity contribution is 5.30. The van der Waals surface area contributed by atoms with Gasteiger partial charge in [0.15, 0.2) is 0 Å². The highest BCUT2D eigenvalue weighted by atomic mass is 15.1. The molecule has 41 heavy (non-hydrogen) atoms. The summed E-state index contributed by atoms with van der Waals surface area (Å²) in [5.74, 6) is 0. The molecular weight excluding hydrogens is 496 g/mol. The largest absolute Gasteiger partial charge is 0.244 e. The van der Waals surface area contributed by atoms with E-state index in [9.17, 15) is 0 Å². The summed E-state index contributed by atoms with van der Waals surface area (Å²) in [5, 5.41) is 0. The fraction of sp³-hybridized carbons (Fsp3) is 0.615. The number of unbranched alkanes of at least 4 members (excludes halogenated alkanes) is 15. The first-order chi connectivity index (χ1) is 20.2. The van der Waals surface area contributed by atoms with Crippen LogP contribution < -0.4 is 4.57 Å². The SMILES string of the molecule is CCCCCCCCCCCCCCCCCC[n+]1ccn(C(CC)C(C)(Cc2ccccc2)c2ccccc2)c1. The predicted octanol–water partition coefficient (Wildman–Crippen LogP) is 11.2. The molecule has 0 amide bonds. The van der Waals surface area contributed by atoms with Gasteiger partial charge >= 0.3 is 0 Å². The maximum absolute atomic E-state index is 2.49. The number of aryl methyl sites for hydroxylation is 1. The Morgan fingerprint density at radius 3 is 1.63 bits per heavy atom. The molecule has 0 aliphatic heterocycles. The Morgan fingerprint density at radius 2 is 1.12 bits per heavy atom. The van der Waals surface area contributed by atoms with Crippen molar-refractivity contribution in [3.05, 3.63) is 90.5 Å². The van der Waals surface area contributed by atoms with Gasteiger partial charge in [0.1, 0.15) is 18.4 Å². The molecule has 2 nitrogen and oxygen atoms in total. The summed E-state index contributed by atoms with van der Waals surface area (Å²) in [5.41, 5.74) is 2.85. The monoisotopic (exact) mass is 557 g/mol. The average molecular weight is 558 g/mol. The van der Waals surface area contributed by atoms with Gasteiger partial charge in [0.05, 0.1) is 6.54 Å². The van der Waals surface area contributed by atoms with Gasteiger partial charge < -0.3 is 0 Å². The normalized spacial score (nSPS) is 13.7. The fourth-order valence-corrected chi connectivity index (χ4v) is 6.81. The molecule has 0 fully saturated rings. The van der Waals surface area contributed by atoms with Crippen molar-refractivity contribution >= 4 is 0 Å². The van der Waals surface area contributed by atoms with Gasteiger partial charge in [-0.3, -0.25) is 0 Å². The second-order valence-corrected chi connectivity index (χ2v) is 12.8. The van der Waals surface area contributed by atoms with Crippen molar-refractivity contribution in [1.82, 2.24) is 4.57 Å². The third-order valence-electron chi connectivity index (χ3n) is 9.31. The quantitative estimate of drug-likeness (QED) is 0.0810. The zero-order valence-corrected chi connectivity index (χ0v) is 26.9. The lowest BCUT2D eigenvalue weighted by molar-refractivity contribution is -0.697. The lowest BCUT2D eigenvalue weighted by Crippen LogP contribution is -2.37. The minimum absolute atomic E-state index is 0.0163. The Bertz CT molecular complexity index is 1020. The number of aromatic nitrogens is 2. The number of nitrogens with zero attached hydrogens (tertiary/aromatic N) is 2. The van der Waals surface area contributed by atoms with E-state index < -0.39 is 0 Å². The Balaban J connectivity index is 1.36. The van der Waals surface area contributed by atoms with Gasteiger partial charge in [-0.05, 0) is 36.8 Å². The predicted molar refractivity (Wildman–Crippen MR) is 177 cm³/mol. The summed E-state index contributed by atoms with van der Waals surface area (Å²) in [7, 11) is 0. The van der Waals surface area contributed by atoms with Crippen LogP contribution in [-0.4, -0.2) is 4.57 Å². The minimum atomic E-state index is 0.0163. The van der Waals surface area contributed by atoms with E-state index in [1.165, 1.54) is 114 Å². The van der Waals surface area contributed by atoms with Crippen LogP contribution in [0.5, 0.6) is 0 Å². The van der Waals surface area contributed by atoms with Gasteiger partial charge in [-0.2, -0.15) is 0 Å². The maximum Gasteiger partial charge on any atom is 0.244 e. The molecule has 2 aromatic carbocycles. The van der Waals surface area contributed by atoms with Crippen molar-refractivity contribution in [1.29, 1.82) is 0 Å². The number of benzene rings is 2. The van der Waals surface area contributed by atoms with Crippen molar-refractivity contribution in [3.8, 4) is 0 Å². The van der Waals surface area contributed by atoms with Crippen molar-refractivity contribution in [2.24, 2.45) is 0 Å². The summed E-state index contributed by atoms with van der Waals surface area (Å²) in [6, 6.07) is 22.6. The summed E-state index contributed by atoms with van der Waals surface area (Å²) in [4.78, 5) is 0. The van der Waals surface area contributed by atoms with Gasteiger partial charge in [-0.25, -0.2) is 9.13 Å². The van der Waals surface area contributed by atoms with E-state index in [1.807, 2.05) is 0 Å². The van der Waals surface area contributed by atoms with Crippen molar-refractivity contribution in [2.75, 3.05) is 0 Å². The molecule has 2 unspecified atom stereocenters. The van der Waals surface area contributed by atoms with E-state index in [0.717, 1.165) is 19.4 Å². The van der Waals surface area contributed by atoms with E-state index in [0.29, 0.717) is 6.04 Å². The third kappa shape index (κ3) is 11.8. The van der Waals surface area contributed by atoms with E-state index in [-0.39, 0.29) is 5.41 Å². The molecule has 0 saturated carbocycles. The Kier molecular flexibility index (Phi) is 15.9. The summed E-state index contributed by atoms with van der Waals surface area (Å²) >= 11 is 0. The zero-order chi connectivity index (χ0) is 29.0. The van der Waals surface area contributed by atoms with Gasteiger partial charge in [-0.15, -0.1) is 0 Å². The summed E-state index contributed by atoms with van der Waals surface area (Å²) in [6.07, 6.45) is 31.9. The molecule has 0 spiro atoms. The smallest absolute Gasteiger partial charge is 0.237 e. The molecule has 0 saturated heterocycles. The molecule has 226 valence electrons. The molecule has 3 rings (SSSR count). The molecule has 3 aromatic rings. The molecule has 2 heteroatoms. The average Bonchev–Trinajstić information content (AvgIpc) is 3.46. The minimum Gasteiger partial charge on any atom is -0.237 e. The van der Waals surface area contributed by atoms with Crippen LogP contribution in [0.1, 0.15) is 147 Å². The van der Waals surface area contributed by atoms with Crippen LogP contribution in [0, 0.1) is 0 Å². The molecule has 0 N–H and O–H groups in total. The van der Waals surface area contributed by atoms with Crippen molar-refractivity contribution in [3.63, 3.8) is 0 Å². The maximum atomic E-state index is 2.49. The Hall–Kier alpha value is -2.35. The van der Waals surface area contributed by atoms with Crippen LogP contribution in [-0.2, 0) is 18.4 Å². The van der Waals surface area contributed by atoms with Gasteiger partial charge in [0, 0.05) is 5.41 Å². The molecular formula is C39H61N2+. The molecule has 1 heterocycles. The van der Waals surface area contributed by atoms with Gasteiger partial charge in [0.2, 0.25) is 6.33 Å². The first-order valence-electron chi connectivity index (χ1n) is 17.3. The second kappa shape index (κ2) is 19.7. The second-order valence-electron chi connectivity index (χ2n) is 12.8. The van der Waals surface area contributed by atoms with E-state index in [2.05, 4.69) is 109 Å². The molecule has 0 bridgehead atoms. The van der Waals surface area contributed by atoms with Crippen LogP contribution in [0.15, 0.2) is 79.4 Å². The zero-order valence-electron chi connectivity index (χ0n) is 26.9.